The molecule has 0 aliphatic carbocycles. The average Bonchev–Trinajstić information content (AvgIpc) is 3.91. The largest absolute Gasteiger partial charge is 0.309 e. The Hall–Kier alpha value is -8.92. The normalized spacial score (nSPS) is 12.1. The van der Waals surface area contributed by atoms with E-state index in [4.69, 9.17) is 15.0 Å². The van der Waals surface area contributed by atoms with E-state index < -0.39 is 0 Å². The fourth-order valence-electron chi connectivity index (χ4n) is 8.99. The maximum atomic E-state index is 11.2. The number of nitrogens with zero attached hydrogens (tertiary/aromatic N) is 6. The van der Waals surface area contributed by atoms with Gasteiger partial charge in [-0.15, -0.1) is 0 Å². The zero-order chi connectivity index (χ0) is 45.2. The predicted octanol–water partition coefficient (Wildman–Crippen LogP) is 14.3. The summed E-state index contributed by atoms with van der Waals surface area (Å²) in [6.45, 7) is 0. The van der Waals surface area contributed by atoms with Crippen molar-refractivity contribution >= 4 is 43.6 Å². The van der Waals surface area contributed by atoms with Crippen molar-refractivity contribution in [3.63, 3.8) is 0 Å². The quantitative estimate of drug-likeness (QED) is 0.161. The molecule has 0 unspecified atom stereocenters. The third kappa shape index (κ3) is 6.14. The van der Waals surface area contributed by atoms with Gasteiger partial charge in [-0.2, -0.15) is 5.26 Å². The van der Waals surface area contributed by atoms with E-state index in [0.29, 0.717) is 22.8 Å². The number of hydrogen-bond acceptors (Lipinski definition) is 4. The van der Waals surface area contributed by atoms with Crippen LogP contribution < -0.4 is 0 Å². The highest BCUT2D eigenvalue weighted by Gasteiger charge is 2.23. The van der Waals surface area contributed by atoms with E-state index in [0.717, 1.165) is 71.6 Å². The third-order valence-corrected chi connectivity index (χ3v) is 12.0. The summed E-state index contributed by atoms with van der Waals surface area (Å²) in [7, 11) is 0. The van der Waals surface area contributed by atoms with Gasteiger partial charge in [-0.05, 0) is 70.7 Å². The molecule has 3 heterocycles. The molecule has 6 heteroatoms. The summed E-state index contributed by atoms with van der Waals surface area (Å²) in [5, 5.41) is 15.0. The smallest absolute Gasteiger partial charge is 0.164 e. The van der Waals surface area contributed by atoms with Crippen LogP contribution in [0.4, 0.5) is 0 Å². The Bertz CT molecular complexity index is 3830. The first-order valence-electron chi connectivity index (χ1n) is 22.6. The predicted molar refractivity (Wildman–Crippen MR) is 260 cm³/mol. The first kappa shape index (κ1) is 33.8. The summed E-state index contributed by atoms with van der Waals surface area (Å²) in [6.07, 6.45) is 0. The summed E-state index contributed by atoms with van der Waals surface area (Å²) in [5.41, 5.74) is 10.1. The van der Waals surface area contributed by atoms with Crippen LogP contribution in [0.3, 0.4) is 0 Å². The summed E-state index contributed by atoms with van der Waals surface area (Å²) in [6, 6.07) is 68.2. The standard InChI is InChI=1S/C58H36N6/c59-37-45-36-44(58-61-56(42-28-24-40(25-29-42)38-14-4-1-5-15-38)60-57(62-58)43-30-26-41(27-31-43)39-16-6-2-7-17-39)32-34-50(45)64-51-22-12-10-20-47(51)48-33-35-53-54(55(48)64)49-21-11-13-23-52(49)63(53)46-18-8-3-9-19-46/h1-36H/i32D,34D,36D. The second-order valence-electron chi connectivity index (χ2n) is 15.7. The van der Waals surface area contributed by atoms with E-state index in [2.05, 4.69) is 71.3 Å². The minimum absolute atomic E-state index is 0.0244. The molecule has 0 N–H and O–H groups in total. The van der Waals surface area contributed by atoms with Gasteiger partial charge >= 0.3 is 0 Å². The maximum Gasteiger partial charge on any atom is 0.164 e. The van der Waals surface area contributed by atoms with E-state index in [9.17, 15) is 9.37 Å². The third-order valence-electron chi connectivity index (χ3n) is 12.0. The molecule has 0 fully saturated rings. The lowest BCUT2D eigenvalue weighted by Crippen LogP contribution is -2.02. The van der Waals surface area contributed by atoms with Gasteiger partial charge < -0.3 is 9.13 Å². The highest BCUT2D eigenvalue weighted by Crippen LogP contribution is 2.43. The van der Waals surface area contributed by atoms with Crippen molar-refractivity contribution in [2.75, 3.05) is 0 Å². The molecule has 0 aliphatic rings. The van der Waals surface area contributed by atoms with Crippen molar-refractivity contribution in [2.24, 2.45) is 0 Å². The average molecular weight is 820 g/mol. The van der Waals surface area contributed by atoms with Gasteiger partial charge in [0.05, 0.1) is 37.4 Å². The second kappa shape index (κ2) is 15.2. The molecule has 0 saturated heterocycles. The number of para-hydroxylation sites is 3. The van der Waals surface area contributed by atoms with Crippen LogP contribution in [-0.2, 0) is 0 Å². The van der Waals surface area contributed by atoms with Crippen LogP contribution in [0.1, 0.15) is 9.68 Å². The first-order valence-corrected chi connectivity index (χ1v) is 21.1. The highest BCUT2D eigenvalue weighted by molar-refractivity contribution is 6.26. The van der Waals surface area contributed by atoms with Crippen molar-refractivity contribution in [3.8, 4) is 73.9 Å². The van der Waals surface area contributed by atoms with E-state index in [1.54, 1.807) is 0 Å². The molecule has 0 amide bonds. The van der Waals surface area contributed by atoms with Crippen LogP contribution in [0.15, 0.2) is 218 Å². The van der Waals surface area contributed by atoms with Crippen molar-refractivity contribution in [2.45, 2.75) is 0 Å². The fraction of sp³-hybridized carbons (Fsp3) is 0. The Morgan fingerprint density at radius 2 is 0.859 bits per heavy atom. The molecule has 0 saturated carbocycles. The van der Waals surface area contributed by atoms with Crippen LogP contribution >= 0.6 is 0 Å². The maximum absolute atomic E-state index is 11.2. The summed E-state index contributed by atoms with van der Waals surface area (Å²) in [5.74, 6) is 0.694. The van der Waals surface area contributed by atoms with Crippen LogP contribution in [0, 0.1) is 11.3 Å². The van der Waals surface area contributed by atoms with Crippen LogP contribution in [-0.4, -0.2) is 24.1 Å². The van der Waals surface area contributed by atoms with Gasteiger partial charge in [-0.1, -0.05) is 170 Å². The molecule has 0 atom stereocenters. The number of fused-ring (bicyclic) bond motifs is 7. The molecule has 6 nitrogen and oxygen atoms in total. The van der Waals surface area contributed by atoms with Gasteiger partial charge in [-0.25, -0.2) is 15.0 Å². The van der Waals surface area contributed by atoms with Gasteiger partial charge in [-0.3, -0.25) is 0 Å². The van der Waals surface area contributed by atoms with E-state index in [1.807, 2.05) is 144 Å². The molecule has 0 spiro atoms. The minimum Gasteiger partial charge on any atom is -0.309 e. The first-order chi connectivity index (χ1) is 33.0. The Kier molecular flexibility index (Phi) is 8.02. The number of benzene rings is 9. The molecule has 12 aromatic rings. The minimum atomic E-state index is -0.272. The van der Waals surface area contributed by atoms with Crippen LogP contribution in [0.25, 0.3) is 111 Å². The molecule has 0 radical (unpaired) electrons. The van der Waals surface area contributed by atoms with Crippen LogP contribution in [0.5, 0.6) is 0 Å². The number of rotatable bonds is 7. The SMILES string of the molecule is [2H]c1c([2H])c(-n2c3ccccc3c3ccc4c(c5ccccc5n4-c4ccccc4)c32)c(C#N)c([2H])c1-c1nc(-c2ccc(-c3ccccc3)cc2)nc(-c2ccc(-c3ccccc3)cc2)n1. The fourth-order valence-corrected chi connectivity index (χ4v) is 8.99. The zero-order valence-corrected chi connectivity index (χ0v) is 34.2. The molecular weight excluding hydrogens is 781 g/mol. The van der Waals surface area contributed by atoms with Crippen molar-refractivity contribution in [1.29, 1.82) is 5.26 Å². The van der Waals surface area contributed by atoms with Crippen molar-refractivity contribution < 1.29 is 4.11 Å². The van der Waals surface area contributed by atoms with Crippen LogP contribution in [0.2, 0.25) is 0 Å². The number of nitriles is 1. The van der Waals surface area contributed by atoms with Gasteiger partial charge in [0.15, 0.2) is 17.5 Å². The molecule has 0 aliphatic heterocycles. The van der Waals surface area contributed by atoms with Crippen molar-refractivity contribution in [3.05, 3.63) is 224 Å². The van der Waals surface area contributed by atoms with E-state index in [-0.39, 0.29) is 40.8 Å². The molecular formula is C58H36N6. The van der Waals surface area contributed by atoms with Gasteiger partial charge in [0.1, 0.15) is 6.07 Å². The lowest BCUT2D eigenvalue weighted by atomic mass is 10.0. The molecule has 64 heavy (non-hydrogen) atoms. The Morgan fingerprint density at radius 3 is 1.44 bits per heavy atom. The topological polar surface area (TPSA) is 72.3 Å². The molecule has 12 rings (SSSR count). The summed E-state index contributed by atoms with van der Waals surface area (Å²) < 4.78 is 33.7. The molecule has 0 bridgehead atoms. The van der Waals surface area contributed by atoms with Gasteiger partial charge in [0.2, 0.25) is 0 Å². The monoisotopic (exact) mass is 819 g/mol. The summed E-state index contributed by atoms with van der Waals surface area (Å²) >= 11 is 0. The van der Waals surface area contributed by atoms with Crippen molar-refractivity contribution in [1.82, 2.24) is 24.1 Å². The number of hydrogen-bond donors (Lipinski definition) is 0. The zero-order valence-electron chi connectivity index (χ0n) is 37.2. The molecule has 9 aromatic carbocycles. The second-order valence-corrected chi connectivity index (χ2v) is 15.7. The lowest BCUT2D eigenvalue weighted by molar-refractivity contribution is 1.07. The van der Waals surface area contributed by atoms with E-state index >= 15 is 0 Å². The highest BCUT2D eigenvalue weighted by atomic mass is 15.0. The van der Waals surface area contributed by atoms with Gasteiger partial charge in [0.25, 0.3) is 0 Å². The molecule has 298 valence electrons. The molecule has 3 aromatic heterocycles. The Morgan fingerprint density at radius 1 is 0.391 bits per heavy atom. The Labute approximate surface area is 373 Å². The number of aromatic nitrogens is 5. The van der Waals surface area contributed by atoms with E-state index in [1.165, 1.54) is 0 Å². The lowest BCUT2D eigenvalue weighted by Gasteiger charge is -2.13. The van der Waals surface area contributed by atoms with Gasteiger partial charge in [0, 0.05) is 43.9 Å². The summed E-state index contributed by atoms with van der Waals surface area (Å²) in [4.78, 5) is 14.8. The Balaban J connectivity index is 1.10.